The van der Waals surface area contributed by atoms with Gasteiger partial charge in [-0.1, -0.05) is 39.8 Å². The molecule has 0 saturated carbocycles. The van der Waals surface area contributed by atoms with Gasteiger partial charge in [0.2, 0.25) is 0 Å². The average Bonchev–Trinajstić information content (AvgIpc) is 3.17. The fourth-order valence-electron chi connectivity index (χ4n) is 4.17. The van der Waals surface area contributed by atoms with E-state index in [1.54, 1.807) is 20.8 Å². The number of Topliss-reactive ketones (excluding diaryl/α,β-unsaturated/α-hetero) is 1. The van der Waals surface area contributed by atoms with E-state index < -0.39 is 41.7 Å². The minimum atomic E-state index is -1.28. The number of cyclic esters (lactones) is 1. The Kier molecular flexibility index (Phi) is 10.2. The zero-order valence-electron chi connectivity index (χ0n) is 21.0. The van der Waals surface area contributed by atoms with E-state index in [2.05, 4.69) is 4.98 Å². The third kappa shape index (κ3) is 7.57. The van der Waals surface area contributed by atoms with Crippen LogP contribution in [0.1, 0.15) is 71.0 Å². The molecule has 6 atom stereocenters. The summed E-state index contributed by atoms with van der Waals surface area (Å²) in [6.07, 6.45) is 2.70. The van der Waals surface area contributed by atoms with Crippen LogP contribution in [0.25, 0.3) is 6.08 Å². The summed E-state index contributed by atoms with van der Waals surface area (Å²) in [5.41, 5.74) is 0.244. The number of aryl methyl sites for hydroxylation is 1. The lowest BCUT2D eigenvalue weighted by Crippen LogP contribution is -2.45. The summed E-state index contributed by atoms with van der Waals surface area (Å²) in [6.45, 7) is 10.4. The van der Waals surface area contributed by atoms with E-state index in [-0.39, 0.29) is 24.5 Å². The Hall–Kier alpha value is -1.87. The minimum Gasteiger partial charge on any atom is -0.458 e. The van der Waals surface area contributed by atoms with Crippen molar-refractivity contribution in [3.63, 3.8) is 0 Å². The summed E-state index contributed by atoms with van der Waals surface area (Å²) < 4.78 is 5.69. The van der Waals surface area contributed by atoms with Crippen LogP contribution < -0.4 is 0 Å². The summed E-state index contributed by atoms with van der Waals surface area (Å²) in [5, 5.41) is 34.9. The fourth-order valence-corrected chi connectivity index (χ4v) is 4.74. The highest BCUT2D eigenvalue weighted by molar-refractivity contribution is 7.09. The van der Waals surface area contributed by atoms with Crippen LogP contribution in [0.15, 0.2) is 23.1 Å². The number of ketones is 1. The Labute approximate surface area is 206 Å². The number of thiazole rings is 1. The standard InChI is InChI=1S/C26H39NO6S/c1-15-9-7-8-10-20(28)12-21(16(2)11-19-14-34-18(4)27-19)33-23(30)13-22(29)26(5,6)25(32)17(3)24(15)31/h7-8,11,14-15,17,20-22,24,28-29,31H,9-10,12-13H2,1-6H3/b8-7+,16-11+/t15-,17+,20?,21-,22-,24-/m0/s1. The van der Waals surface area contributed by atoms with Crippen molar-refractivity contribution in [2.45, 2.75) is 91.6 Å². The monoisotopic (exact) mass is 493 g/mol. The number of carbonyl (C=O) groups is 2. The molecule has 0 saturated heterocycles. The van der Waals surface area contributed by atoms with Gasteiger partial charge in [0.1, 0.15) is 11.9 Å². The Morgan fingerprint density at radius 3 is 2.44 bits per heavy atom. The smallest absolute Gasteiger partial charge is 0.309 e. The normalized spacial score (nSPS) is 33.4. The molecule has 1 unspecified atom stereocenters. The van der Waals surface area contributed by atoms with E-state index >= 15 is 0 Å². The molecule has 190 valence electrons. The van der Waals surface area contributed by atoms with E-state index in [1.807, 2.05) is 44.4 Å². The Bertz CT molecular complexity index is 905. The SMILES string of the molecule is C/C(=C\c1csc(C)n1)[C@@H]1CC(O)C/C=C/C[C@H](C)[C@H](O)[C@@H](C)C(=O)C(C)(C)[C@@H](O)CC(=O)O1. The van der Waals surface area contributed by atoms with Crippen molar-refractivity contribution in [3.8, 4) is 0 Å². The van der Waals surface area contributed by atoms with Crippen molar-refractivity contribution in [2.24, 2.45) is 17.3 Å². The van der Waals surface area contributed by atoms with Gasteiger partial charge in [0, 0.05) is 17.7 Å². The second-order valence-corrected chi connectivity index (χ2v) is 11.1. The molecule has 0 radical (unpaired) electrons. The van der Waals surface area contributed by atoms with E-state index in [9.17, 15) is 24.9 Å². The number of aliphatic hydroxyl groups is 3. The number of hydrogen-bond donors (Lipinski definition) is 3. The van der Waals surface area contributed by atoms with Gasteiger partial charge in [-0.3, -0.25) is 9.59 Å². The molecular formula is C26H39NO6S. The number of rotatable bonds is 2. The zero-order chi connectivity index (χ0) is 25.6. The molecule has 1 aliphatic rings. The Balaban J connectivity index is 2.33. The highest BCUT2D eigenvalue weighted by atomic mass is 32.1. The number of carbonyl (C=O) groups excluding carboxylic acids is 2. The average molecular weight is 494 g/mol. The van der Waals surface area contributed by atoms with Crippen LogP contribution in [0.2, 0.25) is 0 Å². The summed E-state index contributed by atoms with van der Waals surface area (Å²) in [6, 6.07) is 0. The summed E-state index contributed by atoms with van der Waals surface area (Å²) >= 11 is 1.52. The van der Waals surface area contributed by atoms with Crippen LogP contribution in [0.4, 0.5) is 0 Å². The van der Waals surface area contributed by atoms with Crippen LogP contribution in [-0.4, -0.2) is 56.5 Å². The van der Waals surface area contributed by atoms with Crippen molar-refractivity contribution in [3.05, 3.63) is 33.8 Å². The molecule has 1 aromatic rings. The predicted octanol–water partition coefficient (Wildman–Crippen LogP) is 3.85. The van der Waals surface area contributed by atoms with Crippen LogP contribution in [0.5, 0.6) is 0 Å². The lowest BCUT2D eigenvalue weighted by atomic mass is 9.73. The van der Waals surface area contributed by atoms with Gasteiger partial charge >= 0.3 is 5.97 Å². The van der Waals surface area contributed by atoms with Gasteiger partial charge < -0.3 is 20.1 Å². The van der Waals surface area contributed by atoms with Crippen molar-refractivity contribution >= 4 is 29.2 Å². The number of allylic oxidation sites excluding steroid dienone is 1. The van der Waals surface area contributed by atoms with Gasteiger partial charge in [0.05, 0.1) is 40.8 Å². The quantitative estimate of drug-likeness (QED) is 0.423. The summed E-state index contributed by atoms with van der Waals surface area (Å²) in [7, 11) is 0. The van der Waals surface area contributed by atoms with Crippen molar-refractivity contribution < 1.29 is 29.6 Å². The highest BCUT2D eigenvalue weighted by Gasteiger charge is 2.42. The highest BCUT2D eigenvalue weighted by Crippen LogP contribution is 2.32. The van der Waals surface area contributed by atoms with Crippen LogP contribution >= 0.6 is 11.3 Å². The summed E-state index contributed by atoms with van der Waals surface area (Å²) in [4.78, 5) is 30.3. The molecule has 34 heavy (non-hydrogen) atoms. The van der Waals surface area contributed by atoms with E-state index in [0.717, 1.165) is 16.3 Å². The molecule has 1 aliphatic heterocycles. The van der Waals surface area contributed by atoms with Crippen molar-refractivity contribution in [2.75, 3.05) is 0 Å². The van der Waals surface area contributed by atoms with Crippen LogP contribution in [0, 0.1) is 24.2 Å². The molecule has 0 aliphatic carbocycles. The first kappa shape index (κ1) is 28.4. The van der Waals surface area contributed by atoms with E-state index in [0.29, 0.717) is 12.8 Å². The van der Waals surface area contributed by atoms with Gasteiger partial charge in [0.15, 0.2) is 0 Å². The molecule has 0 spiro atoms. The maximum atomic E-state index is 13.1. The molecule has 0 aromatic carbocycles. The van der Waals surface area contributed by atoms with Crippen molar-refractivity contribution in [1.82, 2.24) is 4.98 Å². The third-order valence-electron chi connectivity index (χ3n) is 6.70. The fraction of sp³-hybridized carbons (Fsp3) is 0.654. The predicted molar refractivity (Wildman–Crippen MR) is 133 cm³/mol. The second-order valence-electron chi connectivity index (χ2n) is 10.1. The first-order chi connectivity index (χ1) is 15.8. The van der Waals surface area contributed by atoms with Gasteiger partial charge in [-0.25, -0.2) is 4.98 Å². The number of hydrogen-bond acceptors (Lipinski definition) is 8. The largest absolute Gasteiger partial charge is 0.458 e. The molecule has 8 heteroatoms. The molecular weight excluding hydrogens is 454 g/mol. The number of esters is 1. The number of aromatic nitrogens is 1. The second kappa shape index (κ2) is 12.2. The molecule has 0 bridgehead atoms. The molecule has 0 amide bonds. The minimum absolute atomic E-state index is 0.183. The molecule has 1 aromatic heterocycles. The van der Waals surface area contributed by atoms with Crippen LogP contribution in [-0.2, 0) is 14.3 Å². The molecule has 2 rings (SSSR count). The molecule has 3 N–H and O–H groups in total. The number of ether oxygens (including phenoxy) is 1. The maximum Gasteiger partial charge on any atom is 0.309 e. The lowest BCUT2D eigenvalue weighted by Gasteiger charge is -2.34. The van der Waals surface area contributed by atoms with Crippen molar-refractivity contribution in [1.29, 1.82) is 0 Å². The van der Waals surface area contributed by atoms with Gasteiger partial charge in [-0.05, 0) is 44.3 Å². The van der Waals surface area contributed by atoms with Crippen LogP contribution in [0.3, 0.4) is 0 Å². The molecule has 0 fully saturated rings. The first-order valence-electron chi connectivity index (χ1n) is 11.9. The summed E-state index contributed by atoms with van der Waals surface area (Å²) in [5.74, 6) is -1.85. The van der Waals surface area contributed by atoms with Gasteiger partial charge in [-0.2, -0.15) is 0 Å². The number of aliphatic hydroxyl groups excluding tert-OH is 3. The molecule has 7 nitrogen and oxygen atoms in total. The van der Waals surface area contributed by atoms with E-state index in [1.165, 1.54) is 11.3 Å². The molecule has 2 heterocycles. The lowest BCUT2D eigenvalue weighted by molar-refractivity contribution is -0.155. The zero-order valence-corrected chi connectivity index (χ0v) is 21.8. The Morgan fingerprint density at radius 1 is 1.18 bits per heavy atom. The Morgan fingerprint density at radius 2 is 1.82 bits per heavy atom. The number of nitrogens with zero attached hydrogens (tertiary/aromatic N) is 1. The third-order valence-corrected chi connectivity index (χ3v) is 7.49. The van der Waals surface area contributed by atoms with E-state index in [4.69, 9.17) is 4.74 Å². The first-order valence-corrected chi connectivity index (χ1v) is 12.7. The van der Waals surface area contributed by atoms with Gasteiger partial charge in [0.25, 0.3) is 0 Å². The topological polar surface area (TPSA) is 117 Å². The van der Waals surface area contributed by atoms with Gasteiger partial charge in [-0.15, -0.1) is 11.3 Å². The maximum absolute atomic E-state index is 13.1.